The lowest BCUT2D eigenvalue weighted by Crippen LogP contribution is -2.39. The predicted molar refractivity (Wildman–Crippen MR) is 121 cm³/mol. The molecule has 152 valence electrons. The molecule has 2 atom stereocenters. The summed E-state index contributed by atoms with van der Waals surface area (Å²) in [4.78, 5) is 18.4. The number of nitrogens with one attached hydrogen (secondary N) is 1. The first kappa shape index (κ1) is 19.9. The summed E-state index contributed by atoms with van der Waals surface area (Å²) in [6.07, 6.45) is 1.55. The average molecular weight is 398 g/mol. The van der Waals surface area contributed by atoms with Crippen LogP contribution in [-0.2, 0) is 11.2 Å². The van der Waals surface area contributed by atoms with Crippen LogP contribution in [0.15, 0.2) is 84.9 Å². The van der Waals surface area contributed by atoms with E-state index in [0.29, 0.717) is 6.42 Å². The van der Waals surface area contributed by atoms with Gasteiger partial charge in [0.2, 0.25) is 5.91 Å². The zero-order valence-corrected chi connectivity index (χ0v) is 17.5. The van der Waals surface area contributed by atoms with E-state index in [1.54, 1.807) is 0 Å². The second-order valence-electron chi connectivity index (χ2n) is 7.68. The van der Waals surface area contributed by atoms with Crippen molar-refractivity contribution in [2.75, 3.05) is 0 Å². The molecule has 30 heavy (non-hydrogen) atoms. The molecule has 0 spiro atoms. The molecule has 4 rings (SSSR count). The monoisotopic (exact) mass is 397 g/mol. The van der Waals surface area contributed by atoms with E-state index in [9.17, 15) is 4.79 Å². The number of aromatic nitrogens is 2. The third-order valence-corrected chi connectivity index (χ3v) is 5.50. The van der Waals surface area contributed by atoms with E-state index in [1.165, 1.54) is 5.56 Å². The molecule has 4 heteroatoms. The smallest absolute Gasteiger partial charge is 0.247 e. The summed E-state index contributed by atoms with van der Waals surface area (Å²) in [5, 5.41) is 3.18. The quantitative estimate of drug-likeness (QED) is 0.470. The highest BCUT2D eigenvalue weighted by Crippen LogP contribution is 2.28. The Hall–Kier alpha value is -3.40. The average Bonchev–Trinajstić information content (AvgIpc) is 3.13. The number of carbonyl (C=O) groups is 1. The topological polar surface area (TPSA) is 46.9 Å². The first-order valence-corrected chi connectivity index (χ1v) is 10.5. The summed E-state index contributed by atoms with van der Waals surface area (Å²) < 4.78 is 2.11. The molecule has 3 aromatic carbocycles. The highest BCUT2D eigenvalue weighted by molar-refractivity contribution is 5.87. The van der Waals surface area contributed by atoms with E-state index >= 15 is 0 Å². The number of imidazole rings is 1. The Morgan fingerprint density at radius 2 is 1.57 bits per heavy atom. The fraction of sp³-hybridized carbons (Fsp3) is 0.231. The first-order chi connectivity index (χ1) is 14.7. The summed E-state index contributed by atoms with van der Waals surface area (Å²) >= 11 is 0. The molecule has 0 radical (unpaired) electrons. The largest absolute Gasteiger partial charge is 0.352 e. The molecule has 1 heterocycles. The molecule has 0 bridgehead atoms. The standard InChI is InChI=1S/C26H27N3O/c1-3-19(2)27-26(30)25(21-14-8-5-9-15-21)29-23-17-11-10-16-22(23)28-24(29)18-20-12-6-4-7-13-20/h4-17,19,25H,3,18H2,1-2H3,(H,27,30)/t19-,25-/m0/s1. The molecule has 0 aliphatic heterocycles. The summed E-state index contributed by atoms with van der Waals surface area (Å²) in [6, 6.07) is 27.9. The normalized spacial score (nSPS) is 13.1. The molecule has 0 saturated heterocycles. The number of para-hydroxylation sites is 2. The highest BCUT2D eigenvalue weighted by Gasteiger charge is 2.28. The fourth-order valence-electron chi connectivity index (χ4n) is 3.76. The maximum absolute atomic E-state index is 13.5. The van der Waals surface area contributed by atoms with Crippen LogP contribution in [0.4, 0.5) is 0 Å². The van der Waals surface area contributed by atoms with Gasteiger partial charge >= 0.3 is 0 Å². The molecule has 0 aliphatic carbocycles. The Morgan fingerprint density at radius 1 is 0.933 bits per heavy atom. The van der Waals surface area contributed by atoms with E-state index in [-0.39, 0.29) is 11.9 Å². The second kappa shape index (κ2) is 8.95. The van der Waals surface area contributed by atoms with Gasteiger partial charge in [0, 0.05) is 12.5 Å². The number of benzene rings is 3. The summed E-state index contributed by atoms with van der Waals surface area (Å²) in [5.74, 6) is 0.878. The second-order valence-corrected chi connectivity index (χ2v) is 7.68. The number of fused-ring (bicyclic) bond motifs is 1. The van der Waals surface area contributed by atoms with Crippen LogP contribution in [0, 0.1) is 0 Å². The molecule has 4 nitrogen and oxygen atoms in total. The van der Waals surface area contributed by atoms with Gasteiger partial charge in [-0.05, 0) is 36.6 Å². The minimum absolute atomic E-state index is 0.00647. The van der Waals surface area contributed by atoms with E-state index < -0.39 is 6.04 Å². The first-order valence-electron chi connectivity index (χ1n) is 10.5. The maximum Gasteiger partial charge on any atom is 0.247 e. The highest BCUT2D eigenvalue weighted by atomic mass is 16.2. The van der Waals surface area contributed by atoms with Crippen molar-refractivity contribution >= 4 is 16.9 Å². The maximum atomic E-state index is 13.5. The minimum Gasteiger partial charge on any atom is -0.352 e. The predicted octanol–water partition coefficient (Wildman–Crippen LogP) is 5.13. The van der Waals surface area contributed by atoms with Crippen LogP contribution in [0.25, 0.3) is 11.0 Å². The third kappa shape index (κ3) is 4.13. The number of carbonyl (C=O) groups excluding carboxylic acids is 1. The van der Waals surface area contributed by atoms with Gasteiger partial charge in [-0.1, -0.05) is 79.7 Å². The van der Waals surface area contributed by atoms with Crippen molar-refractivity contribution in [3.8, 4) is 0 Å². The van der Waals surface area contributed by atoms with Crippen LogP contribution < -0.4 is 5.32 Å². The Bertz CT molecular complexity index is 1120. The summed E-state index contributed by atoms with van der Waals surface area (Å²) in [6.45, 7) is 4.12. The van der Waals surface area contributed by atoms with Crippen molar-refractivity contribution in [2.24, 2.45) is 0 Å². The number of rotatable bonds is 7. The van der Waals surface area contributed by atoms with Crippen molar-refractivity contribution in [1.82, 2.24) is 14.9 Å². The van der Waals surface area contributed by atoms with Gasteiger partial charge in [-0.3, -0.25) is 4.79 Å². The summed E-state index contributed by atoms with van der Waals surface area (Å²) in [5.41, 5.74) is 4.00. The number of nitrogens with zero attached hydrogens (tertiary/aromatic N) is 2. The molecule has 0 saturated carbocycles. The molecule has 0 fully saturated rings. The third-order valence-electron chi connectivity index (χ3n) is 5.50. The summed E-state index contributed by atoms with van der Waals surface area (Å²) in [7, 11) is 0. The van der Waals surface area contributed by atoms with Crippen LogP contribution >= 0.6 is 0 Å². The van der Waals surface area contributed by atoms with Crippen molar-refractivity contribution in [3.63, 3.8) is 0 Å². The Balaban J connectivity index is 1.87. The van der Waals surface area contributed by atoms with Crippen LogP contribution in [0.1, 0.15) is 43.3 Å². The molecule has 0 unspecified atom stereocenters. The van der Waals surface area contributed by atoms with Gasteiger partial charge in [-0.25, -0.2) is 4.98 Å². The molecular weight excluding hydrogens is 370 g/mol. The van der Waals surface area contributed by atoms with Crippen LogP contribution in [-0.4, -0.2) is 21.5 Å². The molecule has 4 aromatic rings. The molecule has 1 aromatic heterocycles. The van der Waals surface area contributed by atoms with Gasteiger partial charge in [0.25, 0.3) is 0 Å². The Morgan fingerprint density at radius 3 is 2.27 bits per heavy atom. The fourth-order valence-corrected chi connectivity index (χ4v) is 3.76. The molecular formula is C26H27N3O. The van der Waals surface area contributed by atoms with Gasteiger partial charge in [0.15, 0.2) is 0 Å². The molecule has 0 aliphatic rings. The van der Waals surface area contributed by atoms with E-state index in [2.05, 4.69) is 28.9 Å². The van der Waals surface area contributed by atoms with Crippen LogP contribution in [0.5, 0.6) is 0 Å². The van der Waals surface area contributed by atoms with E-state index in [4.69, 9.17) is 4.98 Å². The van der Waals surface area contributed by atoms with Gasteiger partial charge in [0.05, 0.1) is 11.0 Å². The van der Waals surface area contributed by atoms with Crippen molar-refractivity contribution in [1.29, 1.82) is 0 Å². The van der Waals surface area contributed by atoms with Crippen molar-refractivity contribution in [2.45, 2.75) is 38.8 Å². The van der Waals surface area contributed by atoms with Gasteiger partial charge in [0.1, 0.15) is 11.9 Å². The lowest BCUT2D eigenvalue weighted by Gasteiger charge is -2.24. The Kier molecular flexibility index (Phi) is 5.94. The Labute approximate surface area is 177 Å². The zero-order valence-electron chi connectivity index (χ0n) is 17.5. The van der Waals surface area contributed by atoms with E-state index in [1.807, 2.05) is 79.7 Å². The van der Waals surface area contributed by atoms with Crippen LogP contribution in [0.3, 0.4) is 0 Å². The number of hydrogen-bond donors (Lipinski definition) is 1. The SMILES string of the molecule is CC[C@H](C)NC(=O)[C@H](c1ccccc1)n1c(Cc2ccccc2)nc2ccccc21. The van der Waals surface area contributed by atoms with Crippen molar-refractivity contribution < 1.29 is 4.79 Å². The lowest BCUT2D eigenvalue weighted by molar-refractivity contribution is -0.123. The lowest BCUT2D eigenvalue weighted by atomic mass is 10.0. The van der Waals surface area contributed by atoms with Gasteiger partial charge in [-0.15, -0.1) is 0 Å². The molecule has 1 N–H and O–H groups in total. The van der Waals surface area contributed by atoms with E-state index in [0.717, 1.165) is 28.8 Å². The minimum atomic E-state index is -0.480. The number of amides is 1. The van der Waals surface area contributed by atoms with Gasteiger partial charge in [-0.2, -0.15) is 0 Å². The van der Waals surface area contributed by atoms with Crippen molar-refractivity contribution in [3.05, 3.63) is 102 Å². The van der Waals surface area contributed by atoms with Gasteiger partial charge < -0.3 is 9.88 Å². The molecule has 1 amide bonds. The number of hydrogen-bond acceptors (Lipinski definition) is 2. The van der Waals surface area contributed by atoms with Crippen LogP contribution in [0.2, 0.25) is 0 Å². The zero-order chi connectivity index (χ0) is 20.9.